The zero-order chi connectivity index (χ0) is 16.5. The first kappa shape index (κ1) is 18.4. The summed E-state index contributed by atoms with van der Waals surface area (Å²) >= 11 is 0. The molecule has 0 saturated heterocycles. The van der Waals surface area contributed by atoms with Crippen molar-refractivity contribution in [3.8, 4) is 0 Å². The normalized spacial score (nSPS) is 31.3. The summed E-state index contributed by atoms with van der Waals surface area (Å²) in [6.45, 7) is 14.4. The van der Waals surface area contributed by atoms with Crippen molar-refractivity contribution in [1.82, 2.24) is 5.32 Å². The second-order valence-corrected chi connectivity index (χ2v) is 7.37. The lowest BCUT2D eigenvalue weighted by Crippen LogP contribution is -2.66. The van der Waals surface area contributed by atoms with Gasteiger partial charge in [0.15, 0.2) is 5.79 Å². The number of hydrogen-bond acceptors (Lipinski definition) is 3. The number of nitrogens with one attached hydrogen (secondary N) is 1. The first-order valence-electron chi connectivity index (χ1n) is 7.99. The van der Waals surface area contributed by atoms with Crippen molar-refractivity contribution in [3.05, 3.63) is 24.3 Å². The molecule has 3 N–H and O–H groups in total. The lowest BCUT2D eigenvalue weighted by atomic mass is 9.50. The largest absolute Gasteiger partial charge is 0.364 e. The summed E-state index contributed by atoms with van der Waals surface area (Å²) in [5.41, 5.74) is -0.0733. The topological polar surface area (TPSA) is 52.5 Å². The quantitative estimate of drug-likeness (QED) is 0.539. The summed E-state index contributed by atoms with van der Waals surface area (Å²) in [4.78, 5) is 0. The minimum atomic E-state index is -1.85. The minimum Gasteiger partial charge on any atom is -0.364 e. The Kier molecular flexibility index (Phi) is 5.46. The SMILES string of the molecule is C=C(C=CC)C(NC)C(O)(O)C1(C)CCCC(C)C1(C)C. The van der Waals surface area contributed by atoms with Crippen LogP contribution in [0.2, 0.25) is 0 Å². The molecule has 1 aliphatic carbocycles. The fourth-order valence-electron chi connectivity index (χ4n) is 3.92. The molecule has 1 saturated carbocycles. The molecule has 1 rings (SSSR count). The van der Waals surface area contributed by atoms with E-state index in [9.17, 15) is 10.2 Å². The van der Waals surface area contributed by atoms with Gasteiger partial charge >= 0.3 is 0 Å². The molecule has 0 amide bonds. The molecular formula is C18H33NO2. The second-order valence-electron chi connectivity index (χ2n) is 7.37. The molecule has 3 heteroatoms. The highest BCUT2D eigenvalue weighted by atomic mass is 16.5. The summed E-state index contributed by atoms with van der Waals surface area (Å²) in [7, 11) is 1.75. The van der Waals surface area contributed by atoms with E-state index in [-0.39, 0.29) is 5.41 Å². The maximum atomic E-state index is 11.1. The number of hydrogen-bond donors (Lipinski definition) is 3. The predicted octanol–water partition coefficient (Wildman–Crippen LogP) is 3.24. The van der Waals surface area contributed by atoms with Crippen molar-refractivity contribution in [1.29, 1.82) is 0 Å². The Bertz CT molecular complexity index is 411. The third-order valence-corrected chi connectivity index (χ3v) is 6.22. The summed E-state index contributed by atoms with van der Waals surface area (Å²) in [6.07, 6.45) is 6.68. The first-order valence-corrected chi connectivity index (χ1v) is 7.99. The number of likely N-dealkylation sites (N-methyl/N-ethyl adjacent to an activating group) is 1. The number of aliphatic hydroxyl groups is 2. The Morgan fingerprint density at radius 1 is 1.38 bits per heavy atom. The average Bonchev–Trinajstić information content (AvgIpc) is 2.37. The van der Waals surface area contributed by atoms with Crippen LogP contribution >= 0.6 is 0 Å². The second kappa shape index (κ2) is 6.23. The van der Waals surface area contributed by atoms with Gasteiger partial charge in [0.2, 0.25) is 0 Å². The summed E-state index contributed by atoms with van der Waals surface area (Å²) in [5.74, 6) is -1.40. The third kappa shape index (κ3) is 2.84. The van der Waals surface area contributed by atoms with E-state index in [2.05, 4.69) is 32.7 Å². The molecule has 0 aliphatic heterocycles. The van der Waals surface area contributed by atoms with Gasteiger partial charge < -0.3 is 15.5 Å². The van der Waals surface area contributed by atoms with Crippen LogP contribution in [0.3, 0.4) is 0 Å². The van der Waals surface area contributed by atoms with E-state index in [1.165, 1.54) is 0 Å². The summed E-state index contributed by atoms with van der Waals surface area (Å²) < 4.78 is 0. The van der Waals surface area contributed by atoms with Gasteiger partial charge in [0.1, 0.15) is 0 Å². The van der Waals surface area contributed by atoms with Crippen LogP contribution in [0.25, 0.3) is 0 Å². The highest BCUT2D eigenvalue weighted by molar-refractivity contribution is 5.26. The predicted molar refractivity (Wildman–Crippen MR) is 88.9 cm³/mol. The molecule has 1 fully saturated rings. The van der Waals surface area contributed by atoms with Crippen LogP contribution in [-0.2, 0) is 0 Å². The number of allylic oxidation sites excluding steroid dienone is 1. The molecule has 3 unspecified atom stereocenters. The first-order chi connectivity index (χ1) is 9.56. The molecule has 0 radical (unpaired) electrons. The zero-order valence-electron chi connectivity index (χ0n) is 14.5. The zero-order valence-corrected chi connectivity index (χ0v) is 14.5. The molecular weight excluding hydrogens is 262 g/mol. The van der Waals surface area contributed by atoms with Crippen LogP contribution in [0.5, 0.6) is 0 Å². The molecule has 1 aliphatic rings. The molecule has 3 atom stereocenters. The van der Waals surface area contributed by atoms with Crippen LogP contribution < -0.4 is 5.32 Å². The van der Waals surface area contributed by atoms with Gasteiger partial charge in [0.25, 0.3) is 0 Å². The van der Waals surface area contributed by atoms with Crippen molar-refractivity contribution in [3.63, 3.8) is 0 Å². The van der Waals surface area contributed by atoms with Gasteiger partial charge in [-0.3, -0.25) is 0 Å². The Hall–Kier alpha value is -0.640. The molecule has 0 aromatic carbocycles. The van der Waals surface area contributed by atoms with E-state index in [4.69, 9.17) is 0 Å². The fourth-order valence-corrected chi connectivity index (χ4v) is 3.92. The van der Waals surface area contributed by atoms with Crippen LogP contribution in [0, 0.1) is 16.7 Å². The lowest BCUT2D eigenvalue weighted by molar-refractivity contribution is -0.295. The average molecular weight is 295 g/mol. The van der Waals surface area contributed by atoms with Crippen molar-refractivity contribution in [2.24, 2.45) is 16.7 Å². The van der Waals surface area contributed by atoms with Gasteiger partial charge in [0, 0.05) is 5.41 Å². The van der Waals surface area contributed by atoms with Crippen LogP contribution in [0.15, 0.2) is 24.3 Å². The van der Waals surface area contributed by atoms with Gasteiger partial charge in [-0.15, -0.1) is 0 Å². The van der Waals surface area contributed by atoms with E-state index < -0.39 is 17.2 Å². The lowest BCUT2D eigenvalue weighted by Gasteiger charge is -2.59. The van der Waals surface area contributed by atoms with E-state index in [1.807, 2.05) is 26.0 Å². The molecule has 0 aromatic rings. The van der Waals surface area contributed by atoms with Gasteiger partial charge in [0.05, 0.1) is 6.04 Å². The summed E-state index contributed by atoms with van der Waals surface area (Å²) in [6, 6.07) is -0.580. The molecule has 3 nitrogen and oxygen atoms in total. The number of rotatable bonds is 5. The molecule has 21 heavy (non-hydrogen) atoms. The smallest absolute Gasteiger partial charge is 0.188 e. The van der Waals surface area contributed by atoms with Crippen LogP contribution in [0.1, 0.15) is 53.9 Å². The van der Waals surface area contributed by atoms with Gasteiger partial charge in [-0.25, -0.2) is 0 Å². The van der Waals surface area contributed by atoms with E-state index >= 15 is 0 Å². The minimum absolute atomic E-state index is 0.167. The van der Waals surface area contributed by atoms with Crippen molar-refractivity contribution < 1.29 is 10.2 Å². The molecule has 0 bridgehead atoms. The maximum Gasteiger partial charge on any atom is 0.188 e. The Morgan fingerprint density at radius 3 is 2.43 bits per heavy atom. The highest BCUT2D eigenvalue weighted by Gasteiger charge is 2.60. The Balaban J connectivity index is 3.27. The molecule has 0 aromatic heterocycles. The Labute approximate surface area is 130 Å². The molecule has 0 heterocycles. The Morgan fingerprint density at radius 2 is 1.95 bits per heavy atom. The standard InChI is InChI=1S/C18H33NO2/c1-8-10-13(2)15(19-7)18(20,21)17(6)12-9-11-14(3)16(17,4)5/h8,10,14-15,19-21H,2,9,11-12H2,1,3-7H3. The van der Waals surface area contributed by atoms with Crippen molar-refractivity contribution in [2.45, 2.75) is 65.7 Å². The van der Waals surface area contributed by atoms with Crippen LogP contribution in [0.4, 0.5) is 0 Å². The summed E-state index contributed by atoms with van der Waals surface area (Å²) in [5, 5.41) is 25.3. The van der Waals surface area contributed by atoms with E-state index in [0.29, 0.717) is 11.5 Å². The van der Waals surface area contributed by atoms with E-state index in [1.54, 1.807) is 7.05 Å². The van der Waals surface area contributed by atoms with Gasteiger partial charge in [-0.1, -0.05) is 59.3 Å². The molecule has 0 spiro atoms. The van der Waals surface area contributed by atoms with Crippen molar-refractivity contribution >= 4 is 0 Å². The fraction of sp³-hybridized carbons (Fsp3) is 0.778. The molecule has 122 valence electrons. The van der Waals surface area contributed by atoms with Crippen LogP contribution in [-0.4, -0.2) is 29.1 Å². The monoisotopic (exact) mass is 295 g/mol. The van der Waals surface area contributed by atoms with Gasteiger partial charge in [-0.2, -0.15) is 0 Å². The third-order valence-electron chi connectivity index (χ3n) is 6.22. The van der Waals surface area contributed by atoms with E-state index in [0.717, 1.165) is 19.3 Å². The maximum absolute atomic E-state index is 11.1. The van der Waals surface area contributed by atoms with Gasteiger partial charge in [-0.05, 0) is 37.3 Å². The van der Waals surface area contributed by atoms with Crippen molar-refractivity contribution in [2.75, 3.05) is 7.05 Å². The highest BCUT2D eigenvalue weighted by Crippen LogP contribution is 2.58.